The molecule has 142 valence electrons. The van der Waals surface area contributed by atoms with E-state index in [-0.39, 0.29) is 10.7 Å². The minimum absolute atomic E-state index is 0.271. The van der Waals surface area contributed by atoms with Crippen LogP contribution in [0.3, 0.4) is 0 Å². The van der Waals surface area contributed by atoms with E-state index in [2.05, 4.69) is 17.2 Å². The van der Waals surface area contributed by atoms with Gasteiger partial charge in [0.2, 0.25) is 0 Å². The number of anilines is 1. The van der Waals surface area contributed by atoms with Gasteiger partial charge in [0.25, 0.3) is 17.3 Å². The van der Waals surface area contributed by atoms with Crippen molar-refractivity contribution >= 4 is 33.8 Å². The molecular weight excluding hydrogens is 384 g/mol. The second-order valence-corrected chi connectivity index (χ2v) is 6.62. The fraction of sp³-hybridized carbons (Fsp3) is 0.111. The molecule has 1 aromatic heterocycles. The number of carbonyl (C=O) groups is 1. The Morgan fingerprint density at radius 2 is 1.82 bits per heavy atom. The molecule has 0 atom stereocenters. The summed E-state index contributed by atoms with van der Waals surface area (Å²) >= 11 is 1.18. The largest absolute Gasteiger partial charge is 0.298 e. The van der Waals surface area contributed by atoms with Crippen molar-refractivity contribution in [3.63, 3.8) is 0 Å². The number of nitrogens with one attached hydrogen (secondary N) is 1. The number of nitro benzene ring substituents is 2. The van der Waals surface area contributed by atoms with Crippen molar-refractivity contribution in [2.45, 2.75) is 13.3 Å². The van der Waals surface area contributed by atoms with Gasteiger partial charge < -0.3 is 0 Å². The van der Waals surface area contributed by atoms with E-state index in [0.717, 1.165) is 30.2 Å². The van der Waals surface area contributed by atoms with Crippen LogP contribution < -0.4 is 5.32 Å². The summed E-state index contributed by atoms with van der Waals surface area (Å²) in [6, 6.07) is 10.7. The molecule has 1 amide bonds. The highest BCUT2D eigenvalue weighted by atomic mass is 32.1. The Bertz CT molecular complexity index is 1060. The van der Waals surface area contributed by atoms with E-state index in [0.29, 0.717) is 5.69 Å². The maximum atomic E-state index is 12.4. The van der Waals surface area contributed by atoms with Crippen LogP contribution in [0.5, 0.6) is 0 Å². The lowest BCUT2D eigenvalue weighted by Crippen LogP contribution is -2.14. The van der Waals surface area contributed by atoms with E-state index < -0.39 is 27.1 Å². The summed E-state index contributed by atoms with van der Waals surface area (Å²) in [5.41, 5.74) is 1.36. The molecular formula is C18H14N4O5S. The summed E-state index contributed by atoms with van der Waals surface area (Å²) in [5, 5.41) is 26.5. The number of amides is 1. The summed E-state index contributed by atoms with van der Waals surface area (Å²) in [6.45, 7) is 2.06. The van der Waals surface area contributed by atoms with Gasteiger partial charge in [-0.3, -0.25) is 30.3 Å². The van der Waals surface area contributed by atoms with Crippen molar-refractivity contribution < 1.29 is 14.6 Å². The first-order valence-electron chi connectivity index (χ1n) is 8.18. The maximum absolute atomic E-state index is 12.4. The molecule has 28 heavy (non-hydrogen) atoms. The van der Waals surface area contributed by atoms with Crippen molar-refractivity contribution in [3.05, 3.63) is 79.2 Å². The van der Waals surface area contributed by atoms with Gasteiger partial charge in [-0.05, 0) is 18.1 Å². The fourth-order valence-corrected chi connectivity index (χ4v) is 3.23. The Balaban J connectivity index is 1.82. The van der Waals surface area contributed by atoms with Crippen molar-refractivity contribution in [3.8, 4) is 11.3 Å². The van der Waals surface area contributed by atoms with Crippen LogP contribution in [-0.2, 0) is 6.42 Å². The lowest BCUT2D eigenvalue weighted by molar-refractivity contribution is -0.394. The number of benzene rings is 2. The number of nitro groups is 2. The number of nitrogens with zero attached hydrogens (tertiary/aromatic N) is 3. The molecule has 0 aliphatic carbocycles. The fourth-order valence-electron chi connectivity index (χ4n) is 2.52. The average Bonchev–Trinajstić information content (AvgIpc) is 3.15. The molecule has 10 heteroatoms. The summed E-state index contributed by atoms with van der Waals surface area (Å²) in [7, 11) is 0. The average molecular weight is 398 g/mol. The summed E-state index contributed by atoms with van der Waals surface area (Å²) < 4.78 is 0. The lowest BCUT2D eigenvalue weighted by atomic mass is 10.1. The zero-order chi connectivity index (χ0) is 20.3. The molecule has 1 N–H and O–H groups in total. The van der Waals surface area contributed by atoms with Gasteiger partial charge in [0.15, 0.2) is 5.13 Å². The Kier molecular flexibility index (Phi) is 5.41. The first-order valence-corrected chi connectivity index (χ1v) is 9.06. The molecule has 0 aliphatic rings. The predicted octanol–water partition coefficient (Wildman–Crippen LogP) is 4.44. The molecule has 3 rings (SSSR count). The topological polar surface area (TPSA) is 128 Å². The molecule has 0 unspecified atom stereocenters. The van der Waals surface area contributed by atoms with Gasteiger partial charge in [-0.25, -0.2) is 4.98 Å². The van der Waals surface area contributed by atoms with Gasteiger partial charge in [-0.1, -0.05) is 31.2 Å². The molecule has 0 bridgehead atoms. The molecule has 0 fully saturated rings. The number of thiazole rings is 1. The summed E-state index contributed by atoms with van der Waals surface area (Å²) in [5.74, 6) is -0.760. The molecule has 0 saturated heterocycles. The smallest absolute Gasteiger partial charge is 0.289 e. The van der Waals surface area contributed by atoms with Crippen LogP contribution in [0.25, 0.3) is 11.3 Å². The zero-order valence-electron chi connectivity index (χ0n) is 14.6. The van der Waals surface area contributed by atoms with Crippen LogP contribution in [0.15, 0.2) is 47.8 Å². The number of hydrogen-bond donors (Lipinski definition) is 1. The minimum Gasteiger partial charge on any atom is -0.298 e. The third-order valence-corrected chi connectivity index (χ3v) is 4.77. The maximum Gasteiger partial charge on any atom is 0.289 e. The monoisotopic (exact) mass is 398 g/mol. The Hall–Kier alpha value is -3.66. The molecule has 3 aromatic rings. The van der Waals surface area contributed by atoms with Gasteiger partial charge in [0.05, 0.1) is 21.6 Å². The third-order valence-electron chi connectivity index (χ3n) is 4.02. The summed E-state index contributed by atoms with van der Waals surface area (Å²) in [4.78, 5) is 37.2. The quantitative estimate of drug-likeness (QED) is 0.483. The number of aromatic nitrogens is 1. The standard InChI is InChI=1S/C18H14N4O5S/c1-2-11-3-5-12(6-4-11)15-10-28-18(19-15)20-17(23)14-8-7-13(21(24)25)9-16(14)22(26)27/h3-10H,2H2,1H3,(H,19,20,23). The Morgan fingerprint density at radius 3 is 2.43 bits per heavy atom. The lowest BCUT2D eigenvalue weighted by Gasteiger charge is -2.03. The molecule has 2 aromatic carbocycles. The molecule has 0 aliphatic heterocycles. The zero-order valence-corrected chi connectivity index (χ0v) is 15.4. The van der Waals surface area contributed by atoms with Gasteiger partial charge >= 0.3 is 0 Å². The predicted molar refractivity (Wildman–Crippen MR) is 105 cm³/mol. The molecule has 9 nitrogen and oxygen atoms in total. The number of non-ortho nitro benzene ring substituents is 1. The molecule has 0 radical (unpaired) electrons. The van der Waals surface area contributed by atoms with Crippen molar-refractivity contribution in [1.82, 2.24) is 4.98 Å². The molecule has 0 saturated carbocycles. The molecule has 0 spiro atoms. The van der Waals surface area contributed by atoms with E-state index in [9.17, 15) is 25.0 Å². The van der Waals surface area contributed by atoms with Crippen LogP contribution in [0.1, 0.15) is 22.8 Å². The minimum atomic E-state index is -0.829. The van der Waals surface area contributed by atoms with Crippen LogP contribution in [-0.4, -0.2) is 20.7 Å². The van der Waals surface area contributed by atoms with Gasteiger partial charge in [0, 0.05) is 17.0 Å². The van der Waals surface area contributed by atoms with Crippen molar-refractivity contribution in [2.24, 2.45) is 0 Å². The highest BCUT2D eigenvalue weighted by molar-refractivity contribution is 7.14. The Morgan fingerprint density at radius 1 is 1.11 bits per heavy atom. The van der Waals surface area contributed by atoms with Gasteiger partial charge in [-0.15, -0.1) is 11.3 Å². The van der Waals surface area contributed by atoms with Gasteiger partial charge in [-0.2, -0.15) is 0 Å². The van der Waals surface area contributed by atoms with E-state index in [4.69, 9.17) is 0 Å². The van der Waals surface area contributed by atoms with Crippen molar-refractivity contribution in [2.75, 3.05) is 5.32 Å². The van der Waals surface area contributed by atoms with Crippen LogP contribution >= 0.6 is 11.3 Å². The van der Waals surface area contributed by atoms with Crippen LogP contribution in [0, 0.1) is 20.2 Å². The van der Waals surface area contributed by atoms with E-state index in [1.54, 1.807) is 5.38 Å². The second-order valence-electron chi connectivity index (χ2n) is 5.76. The number of carbonyl (C=O) groups excluding carboxylic acids is 1. The van der Waals surface area contributed by atoms with E-state index in [1.807, 2.05) is 24.3 Å². The normalized spacial score (nSPS) is 10.5. The number of aryl methyl sites for hydroxylation is 1. The van der Waals surface area contributed by atoms with Crippen molar-refractivity contribution in [1.29, 1.82) is 0 Å². The number of hydrogen-bond acceptors (Lipinski definition) is 7. The van der Waals surface area contributed by atoms with E-state index in [1.165, 1.54) is 16.9 Å². The summed E-state index contributed by atoms with van der Waals surface area (Å²) in [6.07, 6.45) is 0.923. The van der Waals surface area contributed by atoms with Gasteiger partial charge in [0.1, 0.15) is 5.56 Å². The third kappa shape index (κ3) is 4.01. The van der Waals surface area contributed by atoms with Crippen LogP contribution in [0.2, 0.25) is 0 Å². The first-order chi connectivity index (χ1) is 13.4. The highest BCUT2D eigenvalue weighted by Gasteiger charge is 2.24. The number of rotatable bonds is 6. The second kappa shape index (κ2) is 7.92. The molecule has 1 heterocycles. The Labute approximate surface area is 163 Å². The first kappa shape index (κ1) is 19.1. The highest BCUT2D eigenvalue weighted by Crippen LogP contribution is 2.28. The van der Waals surface area contributed by atoms with Crippen LogP contribution in [0.4, 0.5) is 16.5 Å². The van der Waals surface area contributed by atoms with E-state index >= 15 is 0 Å². The SMILES string of the molecule is CCc1ccc(-c2csc(NC(=O)c3ccc([N+](=O)[O-])cc3[N+](=O)[O-])n2)cc1.